The van der Waals surface area contributed by atoms with Crippen LogP contribution < -0.4 is 4.90 Å². The number of nitriles is 1. The fraction of sp³-hybridized carbons (Fsp3) is 0.188. The van der Waals surface area contributed by atoms with Crippen molar-refractivity contribution < 1.29 is 4.92 Å². The third kappa shape index (κ3) is 3.37. The quantitative estimate of drug-likeness (QED) is 0.623. The van der Waals surface area contributed by atoms with Gasteiger partial charge in [-0.3, -0.25) is 10.1 Å². The van der Waals surface area contributed by atoms with Crippen LogP contribution in [-0.2, 0) is 6.42 Å². The van der Waals surface area contributed by atoms with Gasteiger partial charge >= 0.3 is 0 Å². The van der Waals surface area contributed by atoms with E-state index in [-0.39, 0.29) is 10.6 Å². The summed E-state index contributed by atoms with van der Waals surface area (Å²) in [6.07, 6.45) is 0.549. The molecule has 0 N–H and O–H groups in total. The second-order valence-corrected chi connectivity index (χ2v) is 4.69. The largest absolute Gasteiger partial charge is 0.373 e. The minimum absolute atomic E-state index is 0.138. The van der Waals surface area contributed by atoms with Crippen molar-refractivity contribution in [2.24, 2.45) is 0 Å². The van der Waals surface area contributed by atoms with Crippen molar-refractivity contribution in [1.29, 1.82) is 5.26 Å². The highest BCUT2D eigenvalue weighted by Gasteiger charge is 2.13. The molecule has 5 nitrogen and oxygen atoms in total. The topological polar surface area (TPSA) is 70.2 Å². The molecule has 0 aliphatic rings. The molecule has 106 valence electrons. The van der Waals surface area contributed by atoms with Gasteiger partial charge in [-0.25, -0.2) is 0 Å². The van der Waals surface area contributed by atoms with Crippen molar-refractivity contribution in [1.82, 2.24) is 0 Å². The van der Waals surface area contributed by atoms with Crippen LogP contribution in [0.3, 0.4) is 0 Å². The van der Waals surface area contributed by atoms with E-state index < -0.39 is 0 Å². The van der Waals surface area contributed by atoms with Gasteiger partial charge in [0.05, 0.1) is 16.2 Å². The van der Waals surface area contributed by atoms with Crippen LogP contribution in [-0.4, -0.2) is 18.5 Å². The molecule has 5 heteroatoms. The molecule has 0 radical (unpaired) electrons. The van der Waals surface area contributed by atoms with Gasteiger partial charge in [0.1, 0.15) is 6.07 Å². The van der Waals surface area contributed by atoms with Crippen LogP contribution in [0.1, 0.15) is 11.1 Å². The minimum atomic E-state index is -0.363. The van der Waals surface area contributed by atoms with Gasteiger partial charge in [0, 0.05) is 25.2 Å². The van der Waals surface area contributed by atoms with E-state index in [1.807, 2.05) is 30.1 Å². The standard InChI is InChI=1S/C16H15N3O2/c1-18(15-8-4-3-7-14(15)12-17)11-10-13-6-2-5-9-16(13)19(20)21/h2-9H,10-11H2,1H3. The molecule has 0 bridgehead atoms. The lowest BCUT2D eigenvalue weighted by molar-refractivity contribution is -0.385. The molecule has 21 heavy (non-hydrogen) atoms. The molecule has 0 fully saturated rings. The average Bonchev–Trinajstić information content (AvgIpc) is 2.52. The lowest BCUT2D eigenvalue weighted by Gasteiger charge is -2.20. The zero-order chi connectivity index (χ0) is 15.2. The van der Waals surface area contributed by atoms with E-state index >= 15 is 0 Å². The summed E-state index contributed by atoms with van der Waals surface area (Å²) in [6.45, 7) is 0.601. The first-order valence-electron chi connectivity index (χ1n) is 6.56. The van der Waals surface area contributed by atoms with Crippen molar-refractivity contribution in [2.75, 3.05) is 18.5 Å². The van der Waals surface area contributed by atoms with Crippen LogP contribution in [0.25, 0.3) is 0 Å². The average molecular weight is 281 g/mol. The molecule has 0 aliphatic carbocycles. The maximum Gasteiger partial charge on any atom is 0.272 e. The van der Waals surface area contributed by atoms with E-state index in [0.717, 1.165) is 5.69 Å². The van der Waals surface area contributed by atoms with Gasteiger partial charge < -0.3 is 4.90 Å². The number of hydrogen-bond donors (Lipinski definition) is 0. The summed E-state index contributed by atoms with van der Waals surface area (Å²) >= 11 is 0. The second-order valence-electron chi connectivity index (χ2n) is 4.69. The Balaban J connectivity index is 2.14. The van der Waals surface area contributed by atoms with Crippen LogP contribution in [0.4, 0.5) is 11.4 Å². The SMILES string of the molecule is CN(CCc1ccccc1[N+](=O)[O-])c1ccccc1C#N. The summed E-state index contributed by atoms with van der Waals surface area (Å²) < 4.78 is 0. The molecule has 0 heterocycles. The third-order valence-electron chi connectivity index (χ3n) is 3.34. The maximum absolute atomic E-state index is 11.0. The predicted octanol–water partition coefficient (Wildman–Crippen LogP) is 3.15. The van der Waals surface area contributed by atoms with E-state index in [1.165, 1.54) is 6.07 Å². The van der Waals surface area contributed by atoms with Crippen molar-refractivity contribution in [3.05, 3.63) is 69.8 Å². The van der Waals surface area contributed by atoms with Crippen LogP contribution in [0.2, 0.25) is 0 Å². The lowest BCUT2D eigenvalue weighted by atomic mass is 10.1. The van der Waals surface area contributed by atoms with Gasteiger partial charge in [0.2, 0.25) is 0 Å². The molecule has 0 spiro atoms. The monoisotopic (exact) mass is 281 g/mol. The van der Waals surface area contributed by atoms with Crippen LogP contribution in [0.5, 0.6) is 0 Å². The Hall–Kier alpha value is -2.87. The molecular formula is C16H15N3O2. The summed E-state index contributed by atoms with van der Waals surface area (Å²) in [5.41, 5.74) is 2.27. The molecule has 0 atom stereocenters. The Morgan fingerprint density at radius 2 is 1.86 bits per heavy atom. The Bertz CT molecular complexity index is 692. The Labute approximate surface area is 123 Å². The summed E-state index contributed by atoms with van der Waals surface area (Å²) in [6, 6.07) is 16.2. The molecule has 0 amide bonds. The number of likely N-dealkylation sites (N-methyl/N-ethyl adjacent to an activating group) is 1. The molecule has 2 rings (SSSR count). The fourth-order valence-corrected chi connectivity index (χ4v) is 2.21. The number of hydrogen-bond acceptors (Lipinski definition) is 4. The van der Waals surface area contributed by atoms with E-state index in [2.05, 4.69) is 6.07 Å². The molecule has 2 aromatic carbocycles. The molecule has 0 saturated heterocycles. The number of anilines is 1. The first kappa shape index (κ1) is 14.5. The summed E-state index contributed by atoms with van der Waals surface area (Å²) in [5.74, 6) is 0. The minimum Gasteiger partial charge on any atom is -0.373 e. The van der Waals surface area contributed by atoms with Gasteiger partial charge in [0.15, 0.2) is 0 Å². The fourth-order valence-electron chi connectivity index (χ4n) is 2.21. The Morgan fingerprint density at radius 1 is 1.19 bits per heavy atom. The normalized spacial score (nSPS) is 9.90. The van der Waals surface area contributed by atoms with Gasteiger partial charge in [0.25, 0.3) is 5.69 Å². The molecule has 0 unspecified atom stereocenters. The van der Waals surface area contributed by atoms with Crippen LogP contribution in [0.15, 0.2) is 48.5 Å². The number of nitro groups is 1. The first-order chi connectivity index (χ1) is 10.1. The highest BCUT2D eigenvalue weighted by molar-refractivity contribution is 5.58. The van der Waals surface area contributed by atoms with E-state index in [9.17, 15) is 10.1 Å². The molecule has 0 saturated carbocycles. The number of rotatable bonds is 5. The van der Waals surface area contributed by atoms with Crippen molar-refractivity contribution in [3.63, 3.8) is 0 Å². The van der Waals surface area contributed by atoms with E-state index in [4.69, 9.17) is 5.26 Å². The predicted molar refractivity (Wildman–Crippen MR) is 81.2 cm³/mol. The number of para-hydroxylation sites is 2. The van der Waals surface area contributed by atoms with Gasteiger partial charge in [-0.2, -0.15) is 5.26 Å². The van der Waals surface area contributed by atoms with Crippen molar-refractivity contribution in [3.8, 4) is 6.07 Å². The molecule has 0 aromatic heterocycles. The maximum atomic E-state index is 11.0. The molecule has 0 aliphatic heterocycles. The number of nitrogens with zero attached hydrogens (tertiary/aromatic N) is 3. The van der Waals surface area contributed by atoms with Crippen LogP contribution >= 0.6 is 0 Å². The third-order valence-corrected chi connectivity index (χ3v) is 3.34. The second kappa shape index (κ2) is 6.53. The molecular weight excluding hydrogens is 266 g/mol. The molecule has 2 aromatic rings. The Kier molecular flexibility index (Phi) is 4.52. The van der Waals surface area contributed by atoms with Gasteiger partial charge in [-0.1, -0.05) is 30.3 Å². The summed E-state index contributed by atoms with van der Waals surface area (Å²) in [5, 5.41) is 20.1. The van der Waals surface area contributed by atoms with E-state index in [1.54, 1.807) is 24.3 Å². The summed E-state index contributed by atoms with van der Waals surface area (Å²) in [7, 11) is 1.88. The van der Waals surface area contributed by atoms with Crippen molar-refractivity contribution >= 4 is 11.4 Å². The van der Waals surface area contributed by atoms with E-state index in [0.29, 0.717) is 24.1 Å². The highest BCUT2D eigenvalue weighted by Crippen LogP contribution is 2.21. The number of benzene rings is 2. The Morgan fingerprint density at radius 3 is 2.57 bits per heavy atom. The summed E-state index contributed by atoms with van der Waals surface area (Å²) in [4.78, 5) is 12.6. The van der Waals surface area contributed by atoms with Gasteiger partial charge in [-0.05, 0) is 18.6 Å². The zero-order valence-electron chi connectivity index (χ0n) is 11.7. The van der Waals surface area contributed by atoms with Crippen molar-refractivity contribution in [2.45, 2.75) is 6.42 Å². The smallest absolute Gasteiger partial charge is 0.272 e. The number of nitro benzene ring substituents is 1. The van der Waals surface area contributed by atoms with Gasteiger partial charge in [-0.15, -0.1) is 0 Å². The zero-order valence-corrected chi connectivity index (χ0v) is 11.7. The highest BCUT2D eigenvalue weighted by atomic mass is 16.6. The van der Waals surface area contributed by atoms with Crippen LogP contribution in [0, 0.1) is 21.4 Å². The lowest BCUT2D eigenvalue weighted by Crippen LogP contribution is -2.21. The first-order valence-corrected chi connectivity index (χ1v) is 6.56.